The van der Waals surface area contributed by atoms with E-state index in [4.69, 9.17) is 0 Å². The van der Waals surface area contributed by atoms with Crippen LogP contribution in [0.25, 0.3) is 28.1 Å². The van der Waals surface area contributed by atoms with Gasteiger partial charge in [0.25, 0.3) is 0 Å². The van der Waals surface area contributed by atoms with Crippen LogP contribution in [0.15, 0.2) is 49.1 Å². The van der Waals surface area contributed by atoms with Crippen LogP contribution in [0.5, 0.6) is 0 Å². The zero-order valence-electron chi connectivity index (χ0n) is 20.3. The number of rotatable bonds is 4. The predicted molar refractivity (Wildman–Crippen MR) is 133 cm³/mol. The highest BCUT2D eigenvalue weighted by molar-refractivity contribution is 6.02. The van der Waals surface area contributed by atoms with E-state index in [0.29, 0.717) is 47.6 Å². The summed E-state index contributed by atoms with van der Waals surface area (Å²) in [6, 6.07) is 10.1. The van der Waals surface area contributed by atoms with Crippen molar-refractivity contribution in [3.05, 3.63) is 60.6 Å². The van der Waals surface area contributed by atoms with Crippen LogP contribution in [0, 0.1) is 23.1 Å². The maximum Gasteiger partial charge on any atom is 0.236 e. The topological polar surface area (TPSA) is 104 Å². The molecule has 9 nitrogen and oxygen atoms in total. The predicted octanol–water partition coefficient (Wildman–Crippen LogP) is 3.58. The molecule has 10 heteroatoms. The Labute approximate surface area is 207 Å². The molecule has 1 aliphatic heterocycles. The molecule has 0 saturated carbocycles. The van der Waals surface area contributed by atoms with Gasteiger partial charge in [-0.1, -0.05) is 32.0 Å². The molecule has 1 fully saturated rings. The average molecular weight is 485 g/mol. The minimum absolute atomic E-state index is 0.0189. The molecule has 3 aromatic heterocycles. The van der Waals surface area contributed by atoms with Gasteiger partial charge in [0.1, 0.15) is 29.7 Å². The number of hydrogen-bond donors (Lipinski definition) is 0. The largest absolute Gasteiger partial charge is 0.350 e. The summed E-state index contributed by atoms with van der Waals surface area (Å²) in [4.78, 5) is 34.4. The van der Waals surface area contributed by atoms with Gasteiger partial charge in [0, 0.05) is 55.1 Å². The molecule has 0 bridgehead atoms. The second kappa shape index (κ2) is 9.34. The monoisotopic (exact) mass is 484 g/mol. The highest BCUT2D eigenvalue weighted by Gasteiger charge is 2.31. The second-order valence-corrected chi connectivity index (χ2v) is 9.12. The van der Waals surface area contributed by atoms with Crippen molar-refractivity contribution in [2.24, 2.45) is 5.92 Å². The number of hydrogen-bond acceptors (Lipinski definition) is 7. The maximum atomic E-state index is 15.0. The molecule has 4 aromatic rings. The van der Waals surface area contributed by atoms with Crippen LogP contribution < -0.4 is 4.90 Å². The summed E-state index contributed by atoms with van der Waals surface area (Å²) in [5.74, 6) is 0.588. The van der Waals surface area contributed by atoms with Crippen LogP contribution in [-0.2, 0) is 4.79 Å². The number of amides is 1. The first-order valence-corrected chi connectivity index (χ1v) is 11.8. The van der Waals surface area contributed by atoms with Crippen LogP contribution in [0.4, 0.5) is 10.2 Å². The van der Waals surface area contributed by atoms with E-state index in [2.05, 4.69) is 24.8 Å². The summed E-state index contributed by atoms with van der Waals surface area (Å²) in [7, 11) is 0. The molecule has 0 radical (unpaired) electrons. The van der Waals surface area contributed by atoms with Crippen LogP contribution in [-0.4, -0.2) is 61.0 Å². The number of piperazine rings is 1. The molecule has 182 valence electrons. The van der Waals surface area contributed by atoms with Crippen molar-refractivity contribution in [2.45, 2.75) is 26.8 Å². The van der Waals surface area contributed by atoms with Gasteiger partial charge in [-0.25, -0.2) is 24.3 Å². The number of carbonyl (C=O) groups excluding carboxylic acids is 1. The summed E-state index contributed by atoms with van der Waals surface area (Å²) >= 11 is 0. The van der Waals surface area contributed by atoms with Gasteiger partial charge in [0.15, 0.2) is 5.65 Å². The molecule has 36 heavy (non-hydrogen) atoms. The maximum absolute atomic E-state index is 15.0. The van der Waals surface area contributed by atoms with Crippen molar-refractivity contribution >= 4 is 22.8 Å². The molecule has 0 unspecified atom stereocenters. The molecule has 1 atom stereocenters. The van der Waals surface area contributed by atoms with Crippen molar-refractivity contribution < 1.29 is 9.18 Å². The first-order chi connectivity index (χ1) is 17.4. The zero-order chi connectivity index (χ0) is 25.4. The number of benzene rings is 1. The van der Waals surface area contributed by atoms with Gasteiger partial charge >= 0.3 is 0 Å². The highest BCUT2D eigenvalue weighted by Crippen LogP contribution is 2.38. The Morgan fingerprint density at radius 1 is 1.14 bits per heavy atom. The quantitative estimate of drug-likeness (QED) is 0.436. The van der Waals surface area contributed by atoms with Gasteiger partial charge in [-0.3, -0.25) is 9.36 Å². The second-order valence-electron chi connectivity index (χ2n) is 9.12. The molecule has 5 rings (SSSR count). The Kier molecular flexibility index (Phi) is 6.06. The van der Waals surface area contributed by atoms with Crippen molar-refractivity contribution in [3.8, 4) is 23.1 Å². The zero-order valence-corrected chi connectivity index (χ0v) is 20.3. The summed E-state index contributed by atoms with van der Waals surface area (Å²) in [5.41, 5.74) is 1.71. The van der Waals surface area contributed by atoms with Crippen molar-refractivity contribution in [1.29, 1.82) is 5.26 Å². The molecule has 1 saturated heterocycles. The summed E-state index contributed by atoms with van der Waals surface area (Å²) in [6.45, 7) is 7.56. The minimum atomic E-state index is -0.376. The number of halogens is 1. The van der Waals surface area contributed by atoms with Crippen LogP contribution in [0.2, 0.25) is 0 Å². The Bertz CT molecular complexity index is 1490. The first kappa shape index (κ1) is 23.4. The number of fused-ring (bicyclic) bond motifs is 1. The Balaban J connectivity index is 1.68. The van der Waals surface area contributed by atoms with Crippen LogP contribution >= 0.6 is 0 Å². The van der Waals surface area contributed by atoms with E-state index >= 15 is 4.39 Å². The van der Waals surface area contributed by atoms with Gasteiger partial charge < -0.3 is 9.80 Å². The molecule has 4 heterocycles. The SMILES string of the molecule is CC(C)C(=O)N1CCN(c2ncnc3c2c(-c2ccccc2F)cn3-c2nccc(C#N)n2)[C@@H](C)C1. The summed E-state index contributed by atoms with van der Waals surface area (Å²) in [6.07, 6.45) is 4.71. The average Bonchev–Trinajstić information content (AvgIpc) is 3.28. The van der Waals surface area contributed by atoms with Gasteiger partial charge in [-0.2, -0.15) is 5.26 Å². The van der Waals surface area contributed by atoms with Crippen molar-refractivity contribution in [2.75, 3.05) is 24.5 Å². The minimum Gasteiger partial charge on any atom is -0.350 e. The van der Waals surface area contributed by atoms with E-state index < -0.39 is 0 Å². The summed E-state index contributed by atoms with van der Waals surface area (Å²) in [5, 5.41) is 9.98. The molecule has 1 aromatic carbocycles. The highest BCUT2D eigenvalue weighted by atomic mass is 19.1. The third-order valence-electron chi connectivity index (χ3n) is 6.41. The van der Waals surface area contributed by atoms with Gasteiger partial charge in [-0.15, -0.1) is 0 Å². The normalized spacial score (nSPS) is 15.9. The van der Waals surface area contributed by atoms with Gasteiger partial charge in [0.05, 0.1) is 5.39 Å². The molecule has 1 amide bonds. The van der Waals surface area contributed by atoms with E-state index in [1.165, 1.54) is 24.7 Å². The molecule has 0 N–H and O–H groups in total. The lowest BCUT2D eigenvalue weighted by Gasteiger charge is -2.41. The fraction of sp³-hybridized carbons (Fsp3) is 0.308. The standard InChI is InChI=1S/C26H25FN8O/c1-16(2)25(36)33-10-11-34(17(3)13-33)23-22-20(19-6-4-5-7-21(19)27)14-35(24(22)31-15-30-23)26-29-9-8-18(12-28)32-26/h4-9,14-17H,10-11,13H2,1-3H3/t17-/m0/s1. The number of nitrogens with zero attached hydrogens (tertiary/aromatic N) is 8. The fourth-order valence-electron chi connectivity index (χ4n) is 4.66. The first-order valence-electron chi connectivity index (χ1n) is 11.8. The molecule has 0 spiro atoms. The number of carbonyl (C=O) groups is 1. The molecular weight excluding hydrogens is 459 g/mol. The van der Waals surface area contributed by atoms with E-state index in [9.17, 15) is 10.1 Å². The van der Waals surface area contributed by atoms with Crippen molar-refractivity contribution in [3.63, 3.8) is 0 Å². The summed E-state index contributed by atoms with van der Waals surface area (Å²) < 4.78 is 16.7. The molecular formula is C26H25FN8O. The van der Waals surface area contributed by atoms with E-state index in [-0.39, 0.29) is 35.3 Å². The third kappa shape index (κ3) is 4.02. The number of nitriles is 1. The number of aromatic nitrogens is 5. The fourth-order valence-corrected chi connectivity index (χ4v) is 4.66. The lowest BCUT2D eigenvalue weighted by molar-refractivity contribution is -0.135. The van der Waals surface area contributed by atoms with E-state index in [1.807, 2.05) is 31.7 Å². The van der Waals surface area contributed by atoms with E-state index in [1.54, 1.807) is 29.0 Å². The van der Waals surface area contributed by atoms with Crippen LogP contribution in [0.1, 0.15) is 26.5 Å². The lowest BCUT2D eigenvalue weighted by Crippen LogP contribution is -2.54. The lowest BCUT2D eigenvalue weighted by atomic mass is 10.0. The molecule has 1 aliphatic rings. The molecule has 0 aliphatic carbocycles. The van der Waals surface area contributed by atoms with Crippen molar-refractivity contribution in [1.82, 2.24) is 29.4 Å². The van der Waals surface area contributed by atoms with Gasteiger partial charge in [-0.05, 0) is 19.1 Å². The Morgan fingerprint density at radius 2 is 1.94 bits per heavy atom. The third-order valence-corrected chi connectivity index (χ3v) is 6.41. The van der Waals surface area contributed by atoms with Crippen LogP contribution in [0.3, 0.4) is 0 Å². The Morgan fingerprint density at radius 3 is 2.67 bits per heavy atom. The van der Waals surface area contributed by atoms with E-state index in [0.717, 1.165) is 0 Å². The van der Waals surface area contributed by atoms with Gasteiger partial charge in [0.2, 0.25) is 11.9 Å². The Hall–Kier alpha value is -4.39. The number of anilines is 1. The smallest absolute Gasteiger partial charge is 0.236 e.